The SMILES string of the molecule is CC(C)C[C@H](NC(=O)[C@H](Cc1c[nH]c2ccccc12)NC(=O)[C@@H](N)Cc1c[nH]c2ccccc12)C(=O)OCc1ccccc1. The summed E-state index contributed by atoms with van der Waals surface area (Å²) in [6.07, 6.45) is 4.56. The molecule has 3 atom stereocenters. The van der Waals surface area contributed by atoms with Crippen LogP contribution in [0.25, 0.3) is 21.8 Å². The second-order valence-electron chi connectivity index (χ2n) is 11.6. The molecule has 0 aliphatic heterocycles. The summed E-state index contributed by atoms with van der Waals surface area (Å²) < 4.78 is 5.58. The first-order valence-corrected chi connectivity index (χ1v) is 15.0. The van der Waals surface area contributed by atoms with E-state index in [0.717, 1.165) is 38.5 Å². The zero-order valence-electron chi connectivity index (χ0n) is 25.0. The minimum Gasteiger partial charge on any atom is -0.459 e. The smallest absolute Gasteiger partial charge is 0.328 e. The topological polar surface area (TPSA) is 142 Å². The molecule has 9 nitrogen and oxygen atoms in total. The van der Waals surface area contributed by atoms with E-state index in [0.29, 0.717) is 12.8 Å². The van der Waals surface area contributed by atoms with Crippen LogP contribution in [0.1, 0.15) is 37.0 Å². The van der Waals surface area contributed by atoms with Crippen molar-refractivity contribution in [2.75, 3.05) is 0 Å². The number of aromatic amines is 2. The molecule has 0 saturated carbocycles. The molecule has 228 valence electrons. The zero-order valence-corrected chi connectivity index (χ0v) is 25.0. The lowest BCUT2D eigenvalue weighted by Gasteiger charge is -2.24. The largest absolute Gasteiger partial charge is 0.459 e. The quantitative estimate of drug-likeness (QED) is 0.128. The Morgan fingerprint density at radius 1 is 0.727 bits per heavy atom. The van der Waals surface area contributed by atoms with Gasteiger partial charge in [-0.05, 0) is 47.6 Å². The minimum absolute atomic E-state index is 0.0995. The Balaban J connectivity index is 1.33. The average Bonchev–Trinajstić information content (AvgIpc) is 3.63. The van der Waals surface area contributed by atoms with Crippen LogP contribution in [0.15, 0.2) is 91.3 Å². The van der Waals surface area contributed by atoms with E-state index in [9.17, 15) is 14.4 Å². The van der Waals surface area contributed by atoms with E-state index in [1.165, 1.54) is 0 Å². The summed E-state index contributed by atoms with van der Waals surface area (Å²) in [4.78, 5) is 46.9. The van der Waals surface area contributed by atoms with Crippen LogP contribution in [-0.2, 0) is 38.6 Å². The van der Waals surface area contributed by atoms with Gasteiger partial charge in [-0.3, -0.25) is 9.59 Å². The van der Waals surface area contributed by atoms with Crippen molar-refractivity contribution in [1.82, 2.24) is 20.6 Å². The number of fused-ring (bicyclic) bond motifs is 2. The molecule has 0 unspecified atom stereocenters. The highest BCUT2D eigenvalue weighted by Gasteiger charge is 2.30. The van der Waals surface area contributed by atoms with Gasteiger partial charge in [0.1, 0.15) is 18.7 Å². The first-order valence-electron chi connectivity index (χ1n) is 15.0. The average molecular weight is 594 g/mol. The molecule has 0 radical (unpaired) electrons. The van der Waals surface area contributed by atoms with E-state index in [1.807, 2.05) is 105 Å². The van der Waals surface area contributed by atoms with Crippen LogP contribution >= 0.6 is 0 Å². The Morgan fingerprint density at radius 3 is 1.89 bits per heavy atom. The van der Waals surface area contributed by atoms with Gasteiger partial charge in [0.25, 0.3) is 0 Å². The summed E-state index contributed by atoms with van der Waals surface area (Å²) in [7, 11) is 0. The predicted octanol–water partition coefficient (Wildman–Crippen LogP) is 4.52. The monoisotopic (exact) mass is 593 g/mol. The van der Waals surface area contributed by atoms with Crippen molar-refractivity contribution in [2.24, 2.45) is 11.7 Å². The molecule has 0 spiro atoms. The third-order valence-corrected chi connectivity index (χ3v) is 7.72. The van der Waals surface area contributed by atoms with Crippen LogP contribution in [-0.4, -0.2) is 45.9 Å². The molecule has 3 aromatic carbocycles. The molecule has 0 aliphatic rings. The number of amides is 2. The Hall–Kier alpha value is -4.89. The van der Waals surface area contributed by atoms with Gasteiger partial charge in [0.05, 0.1) is 6.04 Å². The molecule has 0 aliphatic carbocycles. The third-order valence-electron chi connectivity index (χ3n) is 7.72. The van der Waals surface area contributed by atoms with Crippen LogP contribution in [0.5, 0.6) is 0 Å². The molecule has 9 heteroatoms. The van der Waals surface area contributed by atoms with Gasteiger partial charge in [0.15, 0.2) is 0 Å². The van der Waals surface area contributed by atoms with E-state index in [4.69, 9.17) is 10.5 Å². The first-order chi connectivity index (χ1) is 21.3. The van der Waals surface area contributed by atoms with Gasteiger partial charge < -0.3 is 31.1 Å². The van der Waals surface area contributed by atoms with E-state index in [1.54, 1.807) is 0 Å². The number of carbonyl (C=O) groups excluding carboxylic acids is 3. The van der Waals surface area contributed by atoms with Gasteiger partial charge in [-0.2, -0.15) is 0 Å². The number of esters is 1. The van der Waals surface area contributed by atoms with Crippen LogP contribution in [0, 0.1) is 5.92 Å². The number of nitrogens with one attached hydrogen (secondary N) is 4. The lowest BCUT2D eigenvalue weighted by molar-refractivity contribution is -0.149. The number of hydrogen-bond acceptors (Lipinski definition) is 5. The molecule has 2 aromatic heterocycles. The highest BCUT2D eigenvalue weighted by Crippen LogP contribution is 2.21. The Morgan fingerprint density at radius 2 is 1.27 bits per heavy atom. The highest BCUT2D eigenvalue weighted by molar-refractivity contribution is 5.93. The summed E-state index contributed by atoms with van der Waals surface area (Å²) in [5, 5.41) is 7.70. The molecule has 5 rings (SSSR count). The molecule has 0 fully saturated rings. The van der Waals surface area contributed by atoms with Crippen LogP contribution < -0.4 is 16.4 Å². The van der Waals surface area contributed by atoms with Crippen LogP contribution in [0.2, 0.25) is 0 Å². The molecule has 2 amide bonds. The maximum atomic E-state index is 13.8. The fourth-order valence-electron chi connectivity index (χ4n) is 5.43. The molecular weight excluding hydrogens is 554 g/mol. The van der Waals surface area contributed by atoms with Crippen molar-refractivity contribution in [2.45, 2.75) is 57.8 Å². The van der Waals surface area contributed by atoms with Crippen LogP contribution in [0.3, 0.4) is 0 Å². The van der Waals surface area contributed by atoms with Crippen molar-refractivity contribution in [3.8, 4) is 0 Å². The maximum absolute atomic E-state index is 13.8. The minimum atomic E-state index is -0.979. The fraction of sp³-hybridized carbons (Fsp3) is 0.286. The summed E-state index contributed by atoms with van der Waals surface area (Å²) in [5.74, 6) is -1.35. The van der Waals surface area contributed by atoms with Gasteiger partial charge in [-0.25, -0.2) is 4.79 Å². The van der Waals surface area contributed by atoms with Gasteiger partial charge in [-0.15, -0.1) is 0 Å². The number of carbonyl (C=O) groups is 3. The number of ether oxygens (including phenoxy) is 1. The molecule has 44 heavy (non-hydrogen) atoms. The second kappa shape index (κ2) is 14.1. The number of benzene rings is 3. The summed E-state index contributed by atoms with van der Waals surface area (Å²) >= 11 is 0. The maximum Gasteiger partial charge on any atom is 0.328 e. The fourth-order valence-corrected chi connectivity index (χ4v) is 5.43. The lowest BCUT2D eigenvalue weighted by Crippen LogP contribution is -2.55. The Kier molecular flexibility index (Phi) is 9.76. The summed E-state index contributed by atoms with van der Waals surface area (Å²) in [6, 6.07) is 22.2. The molecule has 5 aromatic rings. The number of para-hydroxylation sites is 2. The summed E-state index contributed by atoms with van der Waals surface area (Å²) in [6.45, 7) is 4.04. The molecular formula is C35H39N5O4. The predicted molar refractivity (Wildman–Crippen MR) is 172 cm³/mol. The third kappa shape index (κ3) is 7.54. The molecule has 0 bridgehead atoms. The van der Waals surface area contributed by atoms with Crippen molar-refractivity contribution < 1.29 is 19.1 Å². The van der Waals surface area contributed by atoms with E-state index in [2.05, 4.69) is 20.6 Å². The number of H-pyrrole nitrogens is 2. The van der Waals surface area contributed by atoms with E-state index in [-0.39, 0.29) is 18.9 Å². The molecule has 6 N–H and O–H groups in total. The lowest BCUT2D eigenvalue weighted by atomic mass is 10.0. The van der Waals surface area contributed by atoms with Crippen molar-refractivity contribution in [3.63, 3.8) is 0 Å². The Labute approximate surface area is 256 Å². The first kappa shape index (κ1) is 30.6. The van der Waals surface area contributed by atoms with E-state index < -0.39 is 35.9 Å². The highest BCUT2D eigenvalue weighted by atomic mass is 16.5. The van der Waals surface area contributed by atoms with Crippen molar-refractivity contribution in [1.29, 1.82) is 0 Å². The van der Waals surface area contributed by atoms with Crippen LogP contribution in [0.4, 0.5) is 0 Å². The van der Waals surface area contributed by atoms with Gasteiger partial charge >= 0.3 is 5.97 Å². The van der Waals surface area contributed by atoms with Crippen molar-refractivity contribution >= 4 is 39.6 Å². The zero-order chi connectivity index (χ0) is 31.1. The second-order valence-corrected chi connectivity index (χ2v) is 11.6. The Bertz CT molecular complexity index is 1720. The van der Waals surface area contributed by atoms with Gasteiger partial charge in [0.2, 0.25) is 11.8 Å². The molecule has 0 saturated heterocycles. The van der Waals surface area contributed by atoms with Crippen molar-refractivity contribution in [3.05, 3.63) is 108 Å². The van der Waals surface area contributed by atoms with Gasteiger partial charge in [0, 0.05) is 40.6 Å². The summed E-state index contributed by atoms with van der Waals surface area (Å²) in [5.41, 5.74) is 10.9. The number of nitrogens with two attached hydrogens (primary N) is 1. The standard InChI is InChI=1S/C35H39N5O4/c1-22(2)16-32(35(43)44-21-23-10-4-3-5-11-23)40-34(42)31(18-25-20-38-30-15-9-7-13-27(25)30)39-33(41)28(36)17-24-19-37-29-14-8-6-12-26(24)29/h3-15,19-20,22,28,31-32,37-38H,16-18,21,36H2,1-2H3,(H,39,41)(H,40,42)/t28-,31-,32-/m0/s1. The normalized spacial score (nSPS) is 13.5. The number of rotatable bonds is 13. The van der Waals surface area contributed by atoms with Gasteiger partial charge in [-0.1, -0.05) is 80.6 Å². The molecule has 2 heterocycles. The number of hydrogen-bond donors (Lipinski definition) is 5. The number of aromatic nitrogens is 2. The van der Waals surface area contributed by atoms with E-state index >= 15 is 0 Å².